The van der Waals surface area contributed by atoms with Gasteiger partial charge in [-0.1, -0.05) is 6.07 Å². The predicted molar refractivity (Wildman–Crippen MR) is 78.1 cm³/mol. The first-order valence-corrected chi connectivity index (χ1v) is 7.11. The smallest absolute Gasteiger partial charge is 0.133 e. The summed E-state index contributed by atoms with van der Waals surface area (Å²) in [6.07, 6.45) is 2.56. The predicted octanol–water partition coefficient (Wildman–Crippen LogP) is 2.72. The van der Waals surface area contributed by atoms with Crippen LogP contribution < -0.4 is 15.4 Å². The first-order chi connectivity index (χ1) is 8.66. The zero-order valence-electron chi connectivity index (χ0n) is 11.2. The topological polar surface area (TPSA) is 33.3 Å². The van der Waals surface area contributed by atoms with Gasteiger partial charge in [0, 0.05) is 18.0 Å². The summed E-state index contributed by atoms with van der Waals surface area (Å²) < 4.78 is 6.30. The van der Waals surface area contributed by atoms with Crippen LogP contribution in [0.1, 0.15) is 24.4 Å². The third-order valence-electron chi connectivity index (χ3n) is 3.83. The van der Waals surface area contributed by atoms with Gasteiger partial charge in [0.1, 0.15) is 5.75 Å². The second-order valence-electron chi connectivity index (χ2n) is 5.01. The van der Waals surface area contributed by atoms with Crippen molar-refractivity contribution in [2.75, 3.05) is 27.7 Å². The molecule has 1 aliphatic carbocycles. The summed E-state index contributed by atoms with van der Waals surface area (Å²) in [5.74, 6) is 0.882. The van der Waals surface area contributed by atoms with Gasteiger partial charge in [0.05, 0.1) is 11.6 Å². The molecule has 0 radical (unpaired) electrons. The average molecular weight is 313 g/mol. The molecule has 4 heteroatoms. The number of halogens is 1. The van der Waals surface area contributed by atoms with Gasteiger partial charge in [-0.2, -0.15) is 0 Å². The van der Waals surface area contributed by atoms with Gasteiger partial charge in [0.2, 0.25) is 0 Å². The zero-order valence-corrected chi connectivity index (χ0v) is 12.8. The van der Waals surface area contributed by atoms with Gasteiger partial charge in [0.25, 0.3) is 0 Å². The van der Waals surface area contributed by atoms with E-state index >= 15 is 0 Å². The first-order valence-electron chi connectivity index (χ1n) is 6.32. The summed E-state index contributed by atoms with van der Waals surface area (Å²) in [4.78, 5) is 0. The Morgan fingerprint density at radius 1 is 1.39 bits per heavy atom. The molecular weight excluding hydrogens is 292 g/mol. The van der Waals surface area contributed by atoms with Crippen LogP contribution in [0.15, 0.2) is 22.7 Å². The fraction of sp³-hybridized carbons (Fsp3) is 0.571. The molecule has 0 aliphatic heterocycles. The summed E-state index contributed by atoms with van der Waals surface area (Å²) in [6, 6.07) is 6.74. The summed E-state index contributed by atoms with van der Waals surface area (Å²) in [7, 11) is 5.76. The molecule has 1 saturated carbocycles. The third-order valence-corrected chi connectivity index (χ3v) is 4.45. The molecule has 1 fully saturated rings. The van der Waals surface area contributed by atoms with Gasteiger partial charge >= 0.3 is 0 Å². The molecule has 1 atom stereocenters. The van der Waals surface area contributed by atoms with Crippen molar-refractivity contribution in [3.05, 3.63) is 28.2 Å². The fourth-order valence-electron chi connectivity index (χ4n) is 2.77. The quantitative estimate of drug-likeness (QED) is 0.847. The Morgan fingerprint density at radius 2 is 2.11 bits per heavy atom. The van der Waals surface area contributed by atoms with E-state index in [0.29, 0.717) is 11.5 Å². The Balaban J connectivity index is 2.25. The largest absolute Gasteiger partial charge is 0.496 e. The van der Waals surface area contributed by atoms with Gasteiger partial charge < -0.3 is 15.4 Å². The number of hydrogen-bond acceptors (Lipinski definition) is 3. The number of methoxy groups -OCH3 is 1. The lowest BCUT2D eigenvalue weighted by molar-refractivity contribution is 0.346. The third kappa shape index (κ3) is 2.56. The molecule has 0 bridgehead atoms. The van der Waals surface area contributed by atoms with E-state index in [1.165, 1.54) is 18.4 Å². The van der Waals surface area contributed by atoms with Crippen molar-refractivity contribution >= 4 is 15.9 Å². The number of rotatable bonds is 6. The van der Waals surface area contributed by atoms with E-state index in [0.717, 1.165) is 16.8 Å². The Bertz CT molecular complexity index is 418. The molecular formula is C14H21BrN2O. The van der Waals surface area contributed by atoms with Crippen LogP contribution in [0.4, 0.5) is 0 Å². The van der Waals surface area contributed by atoms with Crippen LogP contribution in [0.2, 0.25) is 0 Å². The maximum absolute atomic E-state index is 5.28. The Labute approximate surface area is 117 Å². The SMILES string of the molecule is CNCC1(C(NC)c2ccc(OC)c(Br)c2)CC1. The standard InChI is InChI=1S/C14H21BrN2O/c1-16-9-14(6-7-14)13(17-2)10-4-5-12(18-3)11(15)8-10/h4-5,8,13,16-17H,6-7,9H2,1-3H3. The van der Waals surface area contributed by atoms with Gasteiger partial charge in [-0.25, -0.2) is 0 Å². The molecule has 2 rings (SSSR count). The molecule has 0 amide bonds. The van der Waals surface area contributed by atoms with Crippen LogP contribution in [-0.4, -0.2) is 27.7 Å². The molecule has 1 unspecified atom stereocenters. The lowest BCUT2D eigenvalue weighted by Gasteiger charge is -2.27. The fourth-order valence-corrected chi connectivity index (χ4v) is 3.33. The molecule has 0 saturated heterocycles. The lowest BCUT2D eigenvalue weighted by Crippen LogP contribution is -2.33. The Kier molecular flexibility index (Phi) is 4.30. The van der Waals surface area contributed by atoms with Gasteiger partial charge in [-0.3, -0.25) is 0 Å². The van der Waals surface area contributed by atoms with E-state index in [9.17, 15) is 0 Å². The molecule has 1 aliphatic rings. The minimum absolute atomic E-state index is 0.373. The van der Waals surface area contributed by atoms with E-state index < -0.39 is 0 Å². The van der Waals surface area contributed by atoms with E-state index in [4.69, 9.17) is 4.74 Å². The molecule has 0 heterocycles. The lowest BCUT2D eigenvalue weighted by atomic mass is 9.90. The number of nitrogens with one attached hydrogen (secondary N) is 2. The Morgan fingerprint density at radius 3 is 2.56 bits per heavy atom. The van der Waals surface area contributed by atoms with Crippen molar-refractivity contribution in [3.63, 3.8) is 0 Å². The highest BCUT2D eigenvalue weighted by molar-refractivity contribution is 9.10. The van der Waals surface area contributed by atoms with Gasteiger partial charge in [-0.05, 0) is 60.6 Å². The van der Waals surface area contributed by atoms with E-state index in [-0.39, 0.29) is 0 Å². The highest BCUT2D eigenvalue weighted by Crippen LogP contribution is 2.54. The van der Waals surface area contributed by atoms with Crippen LogP contribution in [0.3, 0.4) is 0 Å². The second-order valence-corrected chi connectivity index (χ2v) is 5.86. The van der Waals surface area contributed by atoms with Gasteiger partial charge in [0.15, 0.2) is 0 Å². The normalized spacial score (nSPS) is 18.4. The van der Waals surface area contributed by atoms with E-state index in [2.05, 4.69) is 38.7 Å². The second kappa shape index (κ2) is 5.59. The highest BCUT2D eigenvalue weighted by Gasteiger charge is 2.48. The minimum atomic E-state index is 0.373. The molecule has 0 spiro atoms. The van der Waals surface area contributed by atoms with Crippen molar-refractivity contribution in [1.82, 2.24) is 10.6 Å². The van der Waals surface area contributed by atoms with E-state index in [1.807, 2.05) is 20.2 Å². The van der Waals surface area contributed by atoms with Crippen LogP contribution in [0, 0.1) is 5.41 Å². The molecule has 18 heavy (non-hydrogen) atoms. The molecule has 3 nitrogen and oxygen atoms in total. The summed E-state index contributed by atoms with van der Waals surface area (Å²) in [6.45, 7) is 1.06. The van der Waals surface area contributed by atoms with Crippen molar-refractivity contribution in [3.8, 4) is 5.75 Å². The van der Waals surface area contributed by atoms with Gasteiger partial charge in [-0.15, -0.1) is 0 Å². The molecule has 100 valence electrons. The maximum atomic E-state index is 5.28. The summed E-state index contributed by atoms with van der Waals surface area (Å²) in [5, 5.41) is 6.78. The van der Waals surface area contributed by atoms with Crippen LogP contribution in [0.5, 0.6) is 5.75 Å². The first kappa shape index (κ1) is 13.8. The van der Waals surface area contributed by atoms with Crippen molar-refractivity contribution in [1.29, 1.82) is 0 Å². The average Bonchev–Trinajstić information content (AvgIpc) is 3.11. The van der Waals surface area contributed by atoms with Crippen LogP contribution in [-0.2, 0) is 0 Å². The highest BCUT2D eigenvalue weighted by atomic mass is 79.9. The van der Waals surface area contributed by atoms with Crippen LogP contribution >= 0.6 is 15.9 Å². The molecule has 1 aromatic rings. The summed E-state index contributed by atoms with van der Waals surface area (Å²) >= 11 is 3.56. The van der Waals surface area contributed by atoms with Crippen molar-refractivity contribution in [2.24, 2.45) is 5.41 Å². The minimum Gasteiger partial charge on any atom is -0.496 e. The van der Waals surface area contributed by atoms with Crippen LogP contribution in [0.25, 0.3) is 0 Å². The zero-order chi connectivity index (χ0) is 13.2. The number of ether oxygens (including phenoxy) is 1. The number of benzene rings is 1. The molecule has 1 aromatic carbocycles. The number of hydrogen-bond donors (Lipinski definition) is 2. The molecule has 2 N–H and O–H groups in total. The maximum Gasteiger partial charge on any atom is 0.133 e. The van der Waals surface area contributed by atoms with Crippen molar-refractivity contribution < 1.29 is 4.74 Å². The molecule has 0 aromatic heterocycles. The monoisotopic (exact) mass is 312 g/mol. The van der Waals surface area contributed by atoms with E-state index in [1.54, 1.807) is 7.11 Å². The van der Waals surface area contributed by atoms with Crippen molar-refractivity contribution in [2.45, 2.75) is 18.9 Å². The summed E-state index contributed by atoms with van der Waals surface area (Å²) in [5.41, 5.74) is 1.69. The Hall–Kier alpha value is -0.580.